The molecule has 0 spiro atoms. The monoisotopic (exact) mass is 497 g/mol. The molecule has 0 saturated heterocycles. The Bertz CT molecular complexity index is 1120. The Balaban J connectivity index is 1.62. The molecule has 0 radical (unpaired) electrons. The van der Waals surface area contributed by atoms with E-state index >= 15 is 0 Å². The van der Waals surface area contributed by atoms with Gasteiger partial charge in [-0.1, -0.05) is 36.4 Å². The lowest BCUT2D eigenvalue weighted by Gasteiger charge is -2.25. The predicted molar refractivity (Wildman–Crippen MR) is 132 cm³/mol. The molecule has 35 heavy (non-hydrogen) atoms. The molecule has 10 nitrogen and oxygen atoms in total. The van der Waals surface area contributed by atoms with Crippen molar-refractivity contribution in [2.75, 3.05) is 17.2 Å². The lowest BCUT2D eigenvalue weighted by Crippen LogP contribution is -2.50. The number of nitrogen functional groups attached to an aromatic ring is 1. The maximum atomic E-state index is 13.3. The molecule has 0 bridgehead atoms. The number of anilines is 1. The first-order valence-electron chi connectivity index (χ1n) is 11.0. The van der Waals surface area contributed by atoms with Gasteiger partial charge in [-0.3, -0.25) is 24.6 Å². The molecule has 3 amide bonds. The molecule has 1 aliphatic rings. The number of carboxylic acid groups (broad SMARTS) is 1. The first-order valence-corrected chi connectivity index (χ1v) is 12.0. The maximum Gasteiger partial charge on any atom is 0.303 e. The van der Waals surface area contributed by atoms with Crippen molar-refractivity contribution in [3.8, 4) is 0 Å². The highest BCUT2D eigenvalue weighted by atomic mass is 32.2. The highest BCUT2D eigenvalue weighted by Crippen LogP contribution is 2.34. The van der Waals surface area contributed by atoms with Gasteiger partial charge in [0.2, 0.25) is 17.7 Å². The number of carbonyl (C=O) groups is 4. The van der Waals surface area contributed by atoms with E-state index in [1.807, 2.05) is 12.1 Å². The summed E-state index contributed by atoms with van der Waals surface area (Å²) >= 11 is 1.42. The molecule has 184 valence electrons. The fourth-order valence-corrected chi connectivity index (χ4v) is 4.55. The molecule has 0 aromatic heterocycles. The van der Waals surface area contributed by atoms with Crippen molar-refractivity contribution < 1.29 is 24.3 Å². The number of nitrogens with zero attached hydrogens (tertiary/aromatic N) is 1. The third-order valence-electron chi connectivity index (χ3n) is 5.34. The number of fused-ring (bicyclic) bond motifs is 1. The Morgan fingerprint density at radius 1 is 1.06 bits per heavy atom. The third-order valence-corrected chi connectivity index (χ3v) is 6.50. The average molecular weight is 498 g/mol. The standard InChI is InChI=1S/C24H27N5O5S/c25-23(26)16-7-5-15(6-8-16)13-27-20(30)11-12-29-18-3-1-2-4-19(18)35-14-17(24(29)34)28-21(31)9-10-22(32)33/h1-8,17H,9-14H2,(H3,25,26)(H,27,30)(H,28,31)(H,32,33)/t17-/m0/s1. The Morgan fingerprint density at radius 3 is 2.46 bits per heavy atom. The number of hydrogen-bond donors (Lipinski definition) is 5. The Kier molecular flexibility index (Phi) is 8.85. The zero-order valence-electron chi connectivity index (χ0n) is 19.0. The quantitative estimate of drug-likeness (QED) is 0.245. The first-order chi connectivity index (χ1) is 16.7. The number of amidine groups is 1. The number of carbonyl (C=O) groups excluding carboxylic acids is 3. The number of nitrogens with two attached hydrogens (primary N) is 1. The summed E-state index contributed by atoms with van der Waals surface area (Å²) in [6.45, 7) is 0.409. The number of aliphatic carboxylic acids is 1. The van der Waals surface area contributed by atoms with E-state index in [0.29, 0.717) is 23.5 Å². The number of para-hydroxylation sites is 1. The van der Waals surface area contributed by atoms with E-state index in [4.69, 9.17) is 16.2 Å². The molecular weight excluding hydrogens is 470 g/mol. The van der Waals surface area contributed by atoms with Gasteiger partial charge in [-0.2, -0.15) is 0 Å². The number of carboxylic acids is 1. The van der Waals surface area contributed by atoms with Crippen LogP contribution in [0.4, 0.5) is 5.69 Å². The second-order valence-corrected chi connectivity index (χ2v) is 8.98. The number of rotatable bonds is 10. The van der Waals surface area contributed by atoms with Gasteiger partial charge in [0.05, 0.1) is 12.1 Å². The molecule has 1 heterocycles. The van der Waals surface area contributed by atoms with Crippen LogP contribution in [0.1, 0.15) is 30.4 Å². The second-order valence-electron chi connectivity index (χ2n) is 7.92. The summed E-state index contributed by atoms with van der Waals surface area (Å²) in [6.07, 6.45) is -0.482. The van der Waals surface area contributed by atoms with Gasteiger partial charge in [0.15, 0.2) is 0 Å². The number of hydrogen-bond acceptors (Lipinski definition) is 6. The Labute approximate surface area is 206 Å². The van der Waals surface area contributed by atoms with Crippen molar-refractivity contribution in [3.05, 3.63) is 59.7 Å². The van der Waals surface area contributed by atoms with Crippen LogP contribution in [-0.4, -0.2) is 53.0 Å². The molecule has 1 atom stereocenters. The molecule has 0 aliphatic carbocycles. The van der Waals surface area contributed by atoms with Crippen LogP contribution in [-0.2, 0) is 25.7 Å². The van der Waals surface area contributed by atoms with Crippen LogP contribution in [0.3, 0.4) is 0 Å². The molecule has 0 unspecified atom stereocenters. The minimum Gasteiger partial charge on any atom is -0.481 e. The molecule has 0 saturated carbocycles. The van der Waals surface area contributed by atoms with E-state index in [-0.39, 0.29) is 43.5 Å². The van der Waals surface area contributed by atoms with Crippen molar-refractivity contribution in [2.45, 2.75) is 36.7 Å². The predicted octanol–water partition coefficient (Wildman–Crippen LogP) is 1.47. The van der Waals surface area contributed by atoms with E-state index in [0.717, 1.165) is 10.5 Å². The Hall–Kier alpha value is -3.86. The zero-order valence-corrected chi connectivity index (χ0v) is 19.8. The van der Waals surface area contributed by atoms with Gasteiger partial charge in [-0.25, -0.2) is 0 Å². The molecule has 3 rings (SSSR count). The van der Waals surface area contributed by atoms with Crippen molar-refractivity contribution in [2.24, 2.45) is 5.73 Å². The van der Waals surface area contributed by atoms with Crippen LogP contribution < -0.4 is 21.3 Å². The number of nitrogens with one attached hydrogen (secondary N) is 3. The van der Waals surface area contributed by atoms with Gasteiger partial charge < -0.3 is 26.4 Å². The van der Waals surface area contributed by atoms with Gasteiger partial charge in [0.1, 0.15) is 11.9 Å². The molecule has 11 heteroatoms. The smallest absolute Gasteiger partial charge is 0.303 e. The summed E-state index contributed by atoms with van der Waals surface area (Å²) in [6, 6.07) is 13.5. The van der Waals surface area contributed by atoms with Gasteiger partial charge in [0.25, 0.3) is 0 Å². The lowest BCUT2D eigenvalue weighted by molar-refractivity contribution is -0.139. The molecule has 0 fully saturated rings. The summed E-state index contributed by atoms with van der Waals surface area (Å²) in [7, 11) is 0. The van der Waals surface area contributed by atoms with E-state index in [1.165, 1.54) is 16.7 Å². The van der Waals surface area contributed by atoms with Gasteiger partial charge in [-0.15, -0.1) is 11.8 Å². The van der Waals surface area contributed by atoms with Crippen LogP contribution in [0.15, 0.2) is 53.4 Å². The molecule has 2 aromatic carbocycles. The topological polar surface area (TPSA) is 166 Å². The summed E-state index contributed by atoms with van der Waals surface area (Å²) in [5.41, 5.74) is 7.56. The largest absolute Gasteiger partial charge is 0.481 e. The summed E-state index contributed by atoms with van der Waals surface area (Å²) in [5.74, 6) is -1.92. The summed E-state index contributed by atoms with van der Waals surface area (Å²) in [5, 5.41) is 21.7. The third kappa shape index (κ3) is 7.31. The highest BCUT2D eigenvalue weighted by Gasteiger charge is 2.32. The normalized spacial score (nSPS) is 15.0. The van der Waals surface area contributed by atoms with E-state index in [1.54, 1.807) is 36.4 Å². The summed E-state index contributed by atoms with van der Waals surface area (Å²) < 4.78 is 0. The number of amides is 3. The van der Waals surface area contributed by atoms with Gasteiger partial charge in [-0.05, 0) is 17.7 Å². The molecule has 1 aliphatic heterocycles. The molecule has 6 N–H and O–H groups in total. The van der Waals surface area contributed by atoms with E-state index in [9.17, 15) is 19.2 Å². The van der Waals surface area contributed by atoms with Crippen LogP contribution in [0.5, 0.6) is 0 Å². The van der Waals surface area contributed by atoms with Gasteiger partial charge in [0, 0.05) is 42.1 Å². The highest BCUT2D eigenvalue weighted by molar-refractivity contribution is 7.99. The first kappa shape index (κ1) is 25.8. The van der Waals surface area contributed by atoms with Crippen molar-refractivity contribution in [3.63, 3.8) is 0 Å². The Morgan fingerprint density at radius 2 is 1.77 bits per heavy atom. The minimum atomic E-state index is -1.09. The maximum absolute atomic E-state index is 13.3. The van der Waals surface area contributed by atoms with Crippen molar-refractivity contribution in [1.29, 1.82) is 5.41 Å². The molecule has 2 aromatic rings. The van der Waals surface area contributed by atoms with Gasteiger partial charge >= 0.3 is 5.97 Å². The van der Waals surface area contributed by atoms with E-state index in [2.05, 4.69) is 10.6 Å². The van der Waals surface area contributed by atoms with Crippen LogP contribution >= 0.6 is 11.8 Å². The van der Waals surface area contributed by atoms with Crippen LogP contribution in [0.25, 0.3) is 0 Å². The molecular formula is C24H27N5O5S. The zero-order chi connectivity index (χ0) is 25.4. The number of benzene rings is 2. The van der Waals surface area contributed by atoms with E-state index < -0.39 is 17.9 Å². The fourth-order valence-electron chi connectivity index (χ4n) is 3.48. The van der Waals surface area contributed by atoms with Crippen molar-refractivity contribution in [1.82, 2.24) is 10.6 Å². The SMILES string of the molecule is N=C(N)c1ccc(CNC(=O)CCN2C(=O)[C@@H](NC(=O)CCC(=O)O)CSc3ccccc32)cc1. The van der Waals surface area contributed by atoms with Crippen LogP contribution in [0, 0.1) is 5.41 Å². The lowest BCUT2D eigenvalue weighted by atomic mass is 10.1. The van der Waals surface area contributed by atoms with Crippen LogP contribution in [0.2, 0.25) is 0 Å². The van der Waals surface area contributed by atoms with Crippen molar-refractivity contribution >= 4 is 47.0 Å². The average Bonchev–Trinajstić information content (AvgIpc) is 2.97. The minimum absolute atomic E-state index is 0.0301. The summed E-state index contributed by atoms with van der Waals surface area (Å²) in [4.78, 5) is 51.1. The number of thioether (sulfide) groups is 1. The second kappa shape index (κ2) is 12.0. The fraction of sp³-hybridized carbons (Fsp3) is 0.292.